The Labute approximate surface area is 202 Å². The number of carbonyl (C=O) groups is 1. The maximum atomic E-state index is 14.0. The maximum absolute atomic E-state index is 14.0. The highest BCUT2D eigenvalue weighted by molar-refractivity contribution is 6.05. The Morgan fingerprint density at radius 2 is 1.58 bits per heavy atom. The first kappa shape index (κ1) is 22.8. The van der Waals surface area contributed by atoms with Gasteiger partial charge in [0.15, 0.2) is 12.2 Å². The average molecular weight is 487 g/mol. The molecule has 0 spiro atoms. The van der Waals surface area contributed by atoms with Crippen LogP contribution in [0.5, 0.6) is 0 Å². The molecule has 5 aromatic rings. The number of nitrogens with zero attached hydrogens (tertiary/aromatic N) is 3. The third-order valence-corrected chi connectivity index (χ3v) is 5.12. The fourth-order valence-electron chi connectivity index (χ4n) is 3.53. The summed E-state index contributed by atoms with van der Waals surface area (Å²) in [6, 6.07) is 17.2. The first-order valence-corrected chi connectivity index (χ1v) is 10.6. The molecule has 10 heteroatoms. The Hall–Kier alpha value is -4.99. The molecule has 0 radical (unpaired) electrons. The van der Waals surface area contributed by atoms with E-state index in [0.717, 1.165) is 12.1 Å². The summed E-state index contributed by atoms with van der Waals surface area (Å²) in [6.07, 6.45) is 2.75. The number of oxazole rings is 1. The van der Waals surface area contributed by atoms with Gasteiger partial charge in [-0.3, -0.25) is 4.79 Å². The van der Waals surface area contributed by atoms with Crippen molar-refractivity contribution in [1.29, 1.82) is 0 Å². The van der Waals surface area contributed by atoms with E-state index in [4.69, 9.17) is 4.42 Å². The highest BCUT2D eigenvalue weighted by Crippen LogP contribution is 2.32. The van der Waals surface area contributed by atoms with Crippen molar-refractivity contribution in [2.75, 3.05) is 10.6 Å². The van der Waals surface area contributed by atoms with Gasteiger partial charge in [-0.1, -0.05) is 24.3 Å². The molecule has 0 unspecified atom stereocenters. The molecule has 0 aliphatic heterocycles. The number of anilines is 3. The monoisotopic (exact) mass is 487 g/mol. The molecule has 1 amide bonds. The summed E-state index contributed by atoms with van der Waals surface area (Å²) in [6.45, 7) is 0. The summed E-state index contributed by atoms with van der Waals surface area (Å²) in [5, 5.41) is 5.43. The van der Waals surface area contributed by atoms with E-state index in [1.165, 1.54) is 30.8 Å². The van der Waals surface area contributed by atoms with Crippen LogP contribution in [0.25, 0.3) is 22.7 Å². The van der Waals surface area contributed by atoms with Crippen LogP contribution in [0.4, 0.5) is 30.5 Å². The van der Waals surface area contributed by atoms with Crippen molar-refractivity contribution in [2.24, 2.45) is 0 Å². The van der Waals surface area contributed by atoms with Gasteiger partial charge in [-0.25, -0.2) is 28.1 Å². The van der Waals surface area contributed by atoms with Gasteiger partial charge >= 0.3 is 0 Å². The molecule has 0 aliphatic carbocycles. The number of rotatable bonds is 6. The second-order valence-electron chi connectivity index (χ2n) is 7.56. The van der Waals surface area contributed by atoms with Crippen LogP contribution < -0.4 is 10.6 Å². The zero-order valence-corrected chi connectivity index (χ0v) is 18.4. The minimum Gasteiger partial charge on any atom is -0.441 e. The lowest BCUT2D eigenvalue weighted by Gasteiger charge is -2.09. The summed E-state index contributed by atoms with van der Waals surface area (Å²) < 4.78 is 47.0. The molecule has 7 nitrogen and oxygen atoms in total. The summed E-state index contributed by atoms with van der Waals surface area (Å²) in [5.74, 6) is -2.72. The van der Waals surface area contributed by atoms with Crippen LogP contribution in [0.3, 0.4) is 0 Å². The predicted octanol–water partition coefficient (Wildman–Crippen LogP) is 6.21. The highest BCUT2D eigenvalue weighted by atomic mass is 19.1. The predicted molar refractivity (Wildman–Crippen MR) is 127 cm³/mol. The zero-order chi connectivity index (χ0) is 25.1. The van der Waals surface area contributed by atoms with Crippen LogP contribution in [-0.4, -0.2) is 20.9 Å². The van der Waals surface area contributed by atoms with Gasteiger partial charge in [-0.05, 0) is 48.5 Å². The number of hydrogen-bond acceptors (Lipinski definition) is 6. The number of hydrogen-bond donors (Lipinski definition) is 2. The average Bonchev–Trinajstić information content (AvgIpc) is 3.35. The molecule has 3 aromatic carbocycles. The number of halogens is 3. The van der Waals surface area contributed by atoms with Crippen molar-refractivity contribution in [2.45, 2.75) is 0 Å². The van der Waals surface area contributed by atoms with Crippen LogP contribution in [0.1, 0.15) is 10.4 Å². The largest absolute Gasteiger partial charge is 0.441 e. The maximum Gasteiger partial charge on any atom is 0.261 e. The minimum atomic E-state index is -0.964. The second kappa shape index (κ2) is 9.71. The van der Waals surface area contributed by atoms with Gasteiger partial charge < -0.3 is 15.1 Å². The lowest BCUT2D eigenvalue weighted by atomic mass is 10.1. The van der Waals surface area contributed by atoms with E-state index in [-0.39, 0.29) is 5.95 Å². The van der Waals surface area contributed by atoms with E-state index < -0.39 is 28.9 Å². The summed E-state index contributed by atoms with van der Waals surface area (Å²) in [5.41, 5.74) is 1.47. The fourth-order valence-corrected chi connectivity index (χ4v) is 3.53. The van der Waals surface area contributed by atoms with Crippen LogP contribution in [0.2, 0.25) is 0 Å². The second-order valence-corrected chi connectivity index (χ2v) is 7.56. The third-order valence-electron chi connectivity index (χ3n) is 5.12. The quantitative estimate of drug-likeness (QED) is 0.296. The van der Waals surface area contributed by atoms with Gasteiger partial charge in [0.05, 0.1) is 0 Å². The molecular weight excluding hydrogens is 471 g/mol. The van der Waals surface area contributed by atoms with Crippen LogP contribution >= 0.6 is 0 Å². The van der Waals surface area contributed by atoms with Gasteiger partial charge in [0.1, 0.15) is 34.4 Å². The van der Waals surface area contributed by atoms with Gasteiger partial charge in [0.25, 0.3) is 5.91 Å². The SMILES string of the molecule is O=C(Nc1cccc(-c2ncoc2-c2ccnc(Nc3cccc(F)c3)n2)c1)c1c(F)cccc1F. The Kier molecular flexibility index (Phi) is 6.14. The molecule has 0 atom stereocenters. The molecule has 2 heterocycles. The molecular formula is C26H16F3N5O2. The van der Waals surface area contributed by atoms with E-state index in [2.05, 4.69) is 25.6 Å². The number of carbonyl (C=O) groups excluding carboxylic acids is 1. The van der Waals surface area contributed by atoms with Gasteiger partial charge in [-0.2, -0.15) is 0 Å². The Morgan fingerprint density at radius 3 is 2.39 bits per heavy atom. The molecule has 5 rings (SSSR count). The molecule has 2 N–H and O–H groups in total. The van der Waals surface area contributed by atoms with Crippen molar-refractivity contribution >= 4 is 23.2 Å². The first-order valence-electron chi connectivity index (χ1n) is 10.6. The lowest BCUT2D eigenvalue weighted by molar-refractivity contribution is 0.101. The first-order chi connectivity index (χ1) is 17.5. The number of benzene rings is 3. The molecule has 0 aliphatic rings. The van der Waals surface area contributed by atoms with Crippen molar-refractivity contribution < 1.29 is 22.4 Å². The van der Waals surface area contributed by atoms with Crippen LogP contribution in [0.15, 0.2) is 89.8 Å². The lowest BCUT2D eigenvalue weighted by Crippen LogP contribution is -2.15. The van der Waals surface area contributed by atoms with Gasteiger partial charge in [0, 0.05) is 23.1 Å². The van der Waals surface area contributed by atoms with Crippen LogP contribution in [0, 0.1) is 17.5 Å². The zero-order valence-electron chi connectivity index (χ0n) is 18.4. The van der Waals surface area contributed by atoms with E-state index in [1.54, 1.807) is 42.5 Å². The molecule has 0 saturated heterocycles. The fraction of sp³-hybridized carbons (Fsp3) is 0. The van der Waals surface area contributed by atoms with Gasteiger partial charge in [0.2, 0.25) is 5.95 Å². The van der Waals surface area contributed by atoms with E-state index in [9.17, 15) is 18.0 Å². The highest BCUT2D eigenvalue weighted by Gasteiger charge is 2.19. The molecule has 36 heavy (non-hydrogen) atoms. The topological polar surface area (TPSA) is 92.9 Å². The molecule has 0 bridgehead atoms. The summed E-state index contributed by atoms with van der Waals surface area (Å²) >= 11 is 0. The molecule has 0 saturated carbocycles. The Bertz CT molecular complexity index is 1550. The minimum absolute atomic E-state index is 0.216. The van der Waals surface area contributed by atoms with Crippen molar-refractivity contribution in [1.82, 2.24) is 15.0 Å². The standard InChI is InChI=1S/C26H16F3N5O2/c27-16-5-2-7-18(13-16)33-26-30-11-10-21(34-26)24-23(31-14-36-24)15-4-1-6-17(12-15)32-25(35)22-19(28)8-3-9-20(22)29/h1-14H,(H,32,35)(H,30,33,34). The molecule has 2 aromatic heterocycles. The molecule has 0 fully saturated rings. The van der Waals surface area contributed by atoms with Gasteiger partial charge in [-0.15, -0.1) is 0 Å². The van der Waals surface area contributed by atoms with Crippen LogP contribution in [-0.2, 0) is 0 Å². The number of aromatic nitrogens is 3. The van der Waals surface area contributed by atoms with E-state index in [0.29, 0.717) is 34.1 Å². The Balaban J connectivity index is 1.41. The molecule has 178 valence electrons. The number of amides is 1. The third kappa shape index (κ3) is 4.78. The smallest absolute Gasteiger partial charge is 0.261 e. The van der Waals surface area contributed by atoms with Crippen molar-refractivity contribution in [3.8, 4) is 22.7 Å². The normalized spacial score (nSPS) is 10.8. The van der Waals surface area contributed by atoms with E-state index >= 15 is 0 Å². The Morgan fingerprint density at radius 1 is 0.833 bits per heavy atom. The summed E-state index contributed by atoms with van der Waals surface area (Å²) in [4.78, 5) is 25.3. The van der Waals surface area contributed by atoms with Crippen molar-refractivity contribution in [3.05, 3.63) is 108 Å². The van der Waals surface area contributed by atoms with Crippen molar-refractivity contribution in [3.63, 3.8) is 0 Å². The number of nitrogens with one attached hydrogen (secondary N) is 2. The summed E-state index contributed by atoms with van der Waals surface area (Å²) in [7, 11) is 0. The van der Waals surface area contributed by atoms with E-state index in [1.807, 2.05) is 0 Å².